The molecule has 0 radical (unpaired) electrons. The zero-order valence-corrected chi connectivity index (χ0v) is 9.84. The van der Waals surface area contributed by atoms with Crippen LogP contribution in [0.5, 0.6) is 0 Å². The number of nitrogens with zero attached hydrogens (tertiary/aromatic N) is 1. The van der Waals surface area contributed by atoms with Crippen molar-refractivity contribution in [3.05, 3.63) is 0 Å². The molecule has 5 nitrogen and oxygen atoms in total. The fraction of sp³-hybridized carbons (Fsp3) is 1.00. The molecule has 0 saturated heterocycles. The second kappa shape index (κ2) is 6.34. The van der Waals surface area contributed by atoms with Gasteiger partial charge in [-0.3, -0.25) is 0 Å². The van der Waals surface area contributed by atoms with Crippen LogP contribution in [0.3, 0.4) is 0 Å². The maximum absolute atomic E-state index is 11.4. The summed E-state index contributed by atoms with van der Waals surface area (Å²) in [5.74, 6) is 0. The molecule has 1 atom stereocenters. The maximum atomic E-state index is 11.4. The van der Waals surface area contributed by atoms with Gasteiger partial charge in [-0.2, -0.15) is 17.4 Å². The largest absolute Gasteiger partial charge is 0.392 e. The Morgan fingerprint density at radius 3 is 2.50 bits per heavy atom. The van der Waals surface area contributed by atoms with Crippen molar-refractivity contribution >= 4 is 10.2 Å². The Morgan fingerprint density at radius 1 is 1.50 bits per heavy atom. The Bertz CT molecular complexity index is 239. The lowest BCUT2D eigenvalue weighted by Crippen LogP contribution is -2.41. The standard InChI is InChI=1S/C8H20N2O3S/c1-4-5-6-10(3)14(12,13)9-7-8(2)11/h8-9,11H,4-7H2,1-3H3/t8-/m1/s1. The fourth-order valence-electron chi connectivity index (χ4n) is 0.837. The van der Waals surface area contributed by atoms with Gasteiger partial charge >= 0.3 is 0 Å². The Kier molecular flexibility index (Phi) is 6.26. The van der Waals surface area contributed by atoms with Crippen LogP contribution < -0.4 is 4.72 Å². The summed E-state index contributed by atoms with van der Waals surface area (Å²) < 4.78 is 26.5. The lowest BCUT2D eigenvalue weighted by Gasteiger charge is -2.17. The molecule has 86 valence electrons. The van der Waals surface area contributed by atoms with E-state index in [4.69, 9.17) is 5.11 Å². The topological polar surface area (TPSA) is 69.6 Å². The highest BCUT2D eigenvalue weighted by atomic mass is 32.2. The van der Waals surface area contributed by atoms with Crippen molar-refractivity contribution in [2.75, 3.05) is 20.1 Å². The van der Waals surface area contributed by atoms with Gasteiger partial charge in [-0.25, -0.2) is 0 Å². The number of aliphatic hydroxyl groups is 1. The van der Waals surface area contributed by atoms with E-state index >= 15 is 0 Å². The number of unbranched alkanes of at least 4 members (excludes halogenated alkanes) is 1. The smallest absolute Gasteiger partial charge is 0.279 e. The van der Waals surface area contributed by atoms with Gasteiger partial charge in [0, 0.05) is 20.1 Å². The molecule has 0 spiro atoms. The lowest BCUT2D eigenvalue weighted by atomic mass is 10.3. The summed E-state index contributed by atoms with van der Waals surface area (Å²) in [4.78, 5) is 0. The Labute approximate surface area is 86.3 Å². The molecule has 0 aromatic carbocycles. The molecule has 0 fully saturated rings. The SMILES string of the molecule is CCCCN(C)S(=O)(=O)NC[C@@H](C)O. The van der Waals surface area contributed by atoms with Crippen molar-refractivity contribution in [3.8, 4) is 0 Å². The molecule has 0 amide bonds. The van der Waals surface area contributed by atoms with Gasteiger partial charge in [0.15, 0.2) is 0 Å². The summed E-state index contributed by atoms with van der Waals surface area (Å²) in [7, 11) is -1.88. The molecular formula is C8H20N2O3S. The molecule has 0 aliphatic rings. The van der Waals surface area contributed by atoms with Crippen LogP contribution in [0.15, 0.2) is 0 Å². The molecule has 0 unspecified atom stereocenters. The van der Waals surface area contributed by atoms with Crippen molar-refractivity contribution in [2.24, 2.45) is 0 Å². The van der Waals surface area contributed by atoms with Crippen LogP contribution in [0, 0.1) is 0 Å². The summed E-state index contributed by atoms with van der Waals surface area (Å²) in [6, 6.07) is 0. The first-order valence-electron chi connectivity index (χ1n) is 4.79. The van der Waals surface area contributed by atoms with Gasteiger partial charge in [0.1, 0.15) is 0 Å². The molecule has 0 aromatic heterocycles. The minimum atomic E-state index is -3.40. The van der Waals surface area contributed by atoms with Crippen LogP contribution in [0.25, 0.3) is 0 Å². The van der Waals surface area contributed by atoms with Crippen molar-refractivity contribution in [3.63, 3.8) is 0 Å². The molecule has 6 heteroatoms. The van der Waals surface area contributed by atoms with E-state index in [0.29, 0.717) is 6.54 Å². The summed E-state index contributed by atoms with van der Waals surface area (Å²) in [6.45, 7) is 4.10. The average molecular weight is 224 g/mol. The lowest BCUT2D eigenvalue weighted by molar-refractivity contribution is 0.198. The summed E-state index contributed by atoms with van der Waals surface area (Å²) >= 11 is 0. The van der Waals surface area contributed by atoms with Gasteiger partial charge in [-0.15, -0.1) is 0 Å². The van der Waals surface area contributed by atoms with Gasteiger partial charge in [-0.05, 0) is 13.3 Å². The number of nitrogens with one attached hydrogen (secondary N) is 1. The van der Waals surface area contributed by atoms with E-state index in [1.165, 1.54) is 18.3 Å². The molecule has 2 N–H and O–H groups in total. The van der Waals surface area contributed by atoms with Crippen LogP contribution in [-0.4, -0.2) is 44.1 Å². The first kappa shape index (κ1) is 13.8. The van der Waals surface area contributed by atoms with Crippen molar-refractivity contribution < 1.29 is 13.5 Å². The van der Waals surface area contributed by atoms with Crippen LogP contribution >= 0.6 is 0 Å². The first-order valence-corrected chi connectivity index (χ1v) is 6.23. The van der Waals surface area contributed by atoms with Crippen LogP contribution in [0.4, 0.5) is 0 Å². The molecule has 0 aliphatic heterocycles. The van der Waals surface area contributed by atoms with Crippen LogP contribution in [-0.2, 0) is 10.2 Å². The summed E-state index contributed by atoms with van der Waals surface area (Å²) in [5, 5.41) is 8.93. The maximum Gasteiger partial charge on any atom is 0.279 e. The zero-order chi connectivity index (χ0) is 11.2. The van der Waals surface area contributed by atoms with Gasteiger partial charge < -0.3 is 5.11 Å². The second-order valence-electron chi connectivity index (χ2n) is 3.38. The van der Waals surface area contributed by atoms with Gasteiger partial charge in [0.25, 0.3) is 10.2 Å². The molecule has 0 bridgehead atoms. The highest BCUT2D eigenvalue weighted by Crippen LogP contribution is 1.97. The monoisotopic (exact) mass is 224 g/mol. The molecule has 0 saturated carbocycles. The molecule has 0 heterocycles. The Hall–Kier alpha value is -0.170. The number of hydrogen-bond donors (Lipinski definition) is 2. The van der Waals surface area contributed by atoms with E-state index in [0.717, 1.165) is 12.8 Å². The number of rotatable bonds is 7. The minimum Gasteiger partial charge on any atom is -0.392 e. The fourth-order valence-corrected chi connectivity index (χ4v) is 1.88. The van der Waals surface area contributed by atoms with E-state index in [-0.39, 0.29) is 6.54 Å². The molecule has 0 aliphatic carbocycles. The third kappa shape index (κ3) is 5.54. The predicted molar refractivity (Wildman–Crippen MR) is 56.1 cm³/mol. The van der Waals surface area contributed by atoms with Crippen LogP contribution in [0.1, 0.15) is 26.7 Å². The summed E-state index contributed by atoms with van der Waals surface area (Å²) in [5.41, 5.74) is 0. The number of aliphatic hydroxyl groups excluding tert-OH is 1. The Balaban J connectivity index is 4.04. The second-order valence-corrected chi connectivity index (χ2v) is 5.24. The van der Waals surface area contributed by atoms with Gasteiger partial charge in [0.05, 0.1) is 6.10 Å². The van der Waals surface area contributed by atoms with E-state index in [1.807, 2.05) is 6.92 Å². The van der Waals surface area contributed by atoms with Gasteiger partial charge in [-0.1, -0.05) is 13.3 Å². The van der Waals surface area contributed by atoms with E-state index < -0.39 is 16.3 Å². The normalized spacial score (nSPS) is 14.6. The number of hydrogen-bond acceptors (Lipinski definition) is 3. The Morgan fingerprint density at radius 2 is 2.07 bits per heavy atom. The molecule has 14 heavy (non-hydrogen) atoms. The summed E-state index contributed by atoms with van der Waals surface area (Å²) in [6.07, 6.45) is 1.13. The molecular weight excluding hydrogens is 204 g/mol. The minimum absolute atomic E-state index is 0.0544. The van der Waals surface area contributed by atoms with Gasteiger partial charge in [0.2, 0.25) is 0 Å². The predicted octanol–water partition coefficient (Wildman–Crippen LogP) is -0.0665. The zero-order valence-electron chi connectivity index (χ0n) is 9.02. The van der Waals surface area contributed by atoms with E-state index in [2.05, 4.69) is 4.72 Å². The van der Waals surface area contributed by atoms with Crippen LogP contribution in [0.2, 0.25) is 0 Å². The highest BCUT2D eigenvalue weighted by Gasteiger charge is 2.16. The average Bonchev–Trinajstić information content (AvgIpc) is 2.11. The molecule has 0 rings (SSSR count). The third-order valence-corrected chi connectivity index (χ3v) is 3.33. The van der Waals surface area contributed by atoms with Crippen molar-refractivity contribution in [1.29, 1.82) is 0 Å². The third-order valence-electron chi connectivity index (χ3n) is 1.80. The van der Waals surface area contributed by atoms with E-state index in [9.17, 15) is 8.42 Å². The molecule has 0 aromatic rings. The first-order chi connectivity index (χ1) is 6.40. The van der Waals surface area contributed by atoms with Crippen molar-refractivity contribution in [2.45, 2.75) is 32.8 Å². The van der Waals surface area contributed by atoms with Crippen molar-refractivity contribution in [1.82, 2.24) is 9.03 Å². The quantitative estimate of drug-likeness (QED) is 0.636. The van der Waals surface area contributed by atoms with E-state index in [1.54, 1.807) is 0 Å². The highest BCUT2D eigenvalue weighted by molar-refractivity contribution is 7.87.